The molecular formula is C10H12N4O4S. The fourth-order valence-corrected chi connectivity index (χ4v) is 2.41. The second-order valence-corrected chi connectivity index (χ2v) is 4.70. The van der Waals surface area contributed by atoms with E-state index in [9.17, 15) is 15.2 Å². The van der Waals surface area contributed by atoms with E-state index in [1.165, 1.54) is 6.07 Å². The highest BCUT2D eigenvalue weighted by atomic mass is 32.1. The molecule has 0 aliphatic rings. The molecule has 0 radical (unpaired) electrons. The summed E-state index contributed by atoms with van der Waals surface area (Å²) < 4.78 is 6.68. The molecular weight excluding hydrogens is 272 g/mol. The van der Waals surface area contributed by atoms with Gasteiger partial charge in [-0.2, -0.15) is 0 Å². The summed E-state index contributed by atoms with van der Waals surface area (Å²) in [6, 6.07) is 3.05. The van der Waals surface area contributed by atoms with E-state index in [4.69, 9.17) is 4.74 Å². The van der Waals surface area contributed by atoms with Gasteiger partial charge in [0, 0.05) is 19.7 Å². The van der Waals surface area contributed by atoms with Crippen molar-refractivity contribution in [2.45, 2.75) is 13.2 Å². The lowest BCUT2D eigenvalue weighted by Crippen LogP contribution is -2.09. The van der Waals surface area contributed by atoms with Crippen LogP contribution in [0.15, 0.2) is 12.1 Å². The molecule has 0 saturated heterocycles. The molecule has 0 amide bonds. The first-order valence-corrected chi connectivity index (χ1v) is 6.25. The van der Waals surface area contributed by atoms with Gasteiger partial charge in [0.05, 0.1) is 16.4 Å². The number of hydrogen-bond donors (Lipinski definition) is 1. The predicted molar refractivity (Wildman–Crippen MR) is 67.8 cm³/mol. The van der Waals surface area contributed by atoms with Crippen LogP contribution in [0.2, 0.25) is 0 Å². The lowest BCUT2D eigenvalue weighted by atomic mass is 10.4. The van der Waals surface area contributed by atoms with Crippen LogP contribution in [-0.4, -0.2) is 38.5 Å². The molecule has 0 aromatic carbocycles. The van der Waals surface area contributed by atoms with Gasteiger partial charge >= 0.3 is 5.00 Å². The SMILES string of the molecule is COCCn1c(CO)nnc1-c1ccc([N+](=O)[O-])s1. The number of nitro groups is 1. The average molecular weight is 284 g/mol. The molecule has 2 aromatic rings. The van der Waals surface area contributed by atoms with E-state index in [0.29, 0.717) is 29.7 Å². The summed E-state index contributed by atoms with van der Waals surface area (Å²) in [4.78, 5) is 10.9. The molecule has 0 saturated carbocycles. The van der Waals surface area contributed by atoms with Gasteiger partial charge in [0.15, 0.2) is 11.6 Å². The number of thiophene rings is 1. The van der Waals surface area contributed by atoms with Crippen LogP contribution in [0.25, 0.3) is 10.7 Å². The van der Waals surface area contributed by atoms with Crippen molar-refractivity contribution in [3.8, 4) is 10.7 Å². The van der Waals surface area contributed by atoms with E-state index >= 15 is 0 Å². The molecule has 0 fully saturated rings. The minimum absolute atomic E-state index is 0.0434. The molecule has 2 heterocycles. The quantitative estimate of drug-likeness (QED) is 0.628. The van der Waals surface area contributed by atoms with Crippen molar-refractivity contribution in [3.63, 3.8) is 0 Å². The molecule has 1 N–H and O–H groups in total. The van der Waals surface area contributed by atoms with E-state index in [2.05, 4.69) is 10.2 Å². The van der Waals surface area contributed by atoms with Crippen molar-refractivity contribution < 1.29 is 14.8 Å². The van der Waals surface area contributed by atoms with Crippen LogP contribution in [-0.2, 0) is 17.9 Å². The van der Waals surface area contributed by atoms with Crippen molar-refractivity contribution in [2.24, 2.45) is 0 Å². The Morgan fingerprint density at radius 1 is 1.53 bits per heavy atom. The molecule has 0 aliphatic carbocycles. The normalized spacial score (nSPS) is 10.8. The fraction of sp³-hybridized carbons (Fsp3) is 0.400. The summed E-state index contributed by atoms with van der Waals surface area (Å²) in [5.41, 5.74) is 0. The highest BCUT2D eigenvalue weighted by molar-refractivity contribution is 7.18. The summed E-state index contributed by atoms with van der Waals surface area (Å²) in [6.45, 7) is 0.663. The number of hydrogen-bond acceptors (Lipinski definition) is 7. The molecule has 2 rings (SSSR count). The lowest BCUT2D eigenvalue weighted by molar-refractivity contribution is -0.380. The van der Waals surface area contributed by atoms with Gasteiger partial charge in [0.2, 0.25) is 0 Å². The Labute approximate surface area is 112 Å². The van der Waals surface area contributed by atoms with Gasteiger partial charge in [-0.3, -0.25) is 10.1 Å². The molecule has 0 atom stereocenters. The number of rotatable bonds is 6. The third-order valence-electron chi connectivity index (χ3n) is 2.48. The number of methoxy groups -OCH3 is 1. The predicted octanol–water partition coefficient (Wildman–Crippen LogP) is 1.05. The minimum Gasteiger partial charge on any atom is -0.388 e. The Morgan fingerprint density at radius 3 is 2.89 bits per heavy atom. The van der Waals surface area contributed by atoms with Gasteiger partial charge in [0.25, 0.3) is 0 Å². The number of ether oxygens (including phenoxy) is 1. The highest BCUT2D eigenvalue weighted by Crippen LogP contribution is 2.31. The molecule has 8 nitrogen and oxygen atoms in total. The molecule has 0 bridgehead atoms. The molecule has 19 heavy (non-hydrogen) atoms. The minimum atomic E-state index is -0.447. The van der Waals surface area contributed by atoms with Crippen LogP contribution in [0.1, 0.15) is 5.82 Å². The molecule has 102 valence electrons. The Morgan fingerprint density at radius 2 is 2.32 bits per heavy atom. The van der Waals surface area contributed by atoms with Crippen molar-refractivity contribution in [2.75, 3.05) is 13.7 Å². The van der Waals surface area contributed by atoms with Gasteiger partial charge in [-0.1, -0.05) is 11.3 Å². The summed E-state index contributed by atoms with van der Waals surface area (Å²) in [5.74, 6) is 0.905. The fourth-order valence-electron chi connectivity index (χ4n) is 1.60. The van der Waals surface area contributed by atoms with Gasteiger partial charge in [-0.05, 0) is 6.07 Å². The maximum absolute atomic E-state index is 10.7. The molecule has 2 aromatic heterocycles. The first kappa shape index (κ1) is 13.6. The van der Waals surface area contributed by atoms with E-state index < -0.39 is 4.92 Å². The lowest BCUT2D eigenvalue weighted by Gasteiger charge is -2.06. The van der Waals surface area contributed by atoms with Crippen LogP contribution in [0.3, 0.4) is 0 Å². The number of aliphatic hydroxyl groups is 1. The van der Waals surface area contributed by atoms with Crippen molar-refractivity contribution in [1.82, 2.24) is 14.8 Å². The van der Waals surface area contributed by atoms with Crippen molar-refractivity contribution >= 4 is 16.3 Å². The highest BCUT2D eigenvalue weighted by Gasteiger charge is 2.18. The van der Waals surface area contributed by atoms with Crippen LogP contribution >= 0.6 is 11.3 Å². The Kier molecular flexibility index (Phi) is 4.20. The van der Waals surface area contributed by atoms with Crippen molar-refractivity contribution in [1.29, 1.82) is 0 Å². The van der Waals surface area contributed by atoms with E-state index in [-0.39, 0.29) is 11.6 Å². The Balaban J connectivity index is 2.37. The molecule has 0 aliphatic heterocycles. The molecule has 9 heteroatoms. The topological polar surface area (TPSA) is 103 Å². The van der Waals surface area contributed by atoms with Gasteiger partial charge < -0.3 is 14.4 Å². The smallest absolute Gasteiger partial charge is 0.324 e. The second-order valence-electron chi connectivity index (χ2n) is 3.64. The maximum atomic E-state index is 10.7. The van der Waals surface area contributed by atoms with Crippen LogP contribution < -0.4 is 0 Å². The number of nitrogens with zero attached hydrogens (tertiary/aromatic N) is 4. The summed E-state index contributed by atoms with van der Waals surface area (Å²) in [6.07, 6.45) is 0. The Hall–Kier alpha value is -1.84. The Bertz CT molecular complexity index is 580. The largest absolute Gasteiger partial charge is 0.388 e. The van der Waals surface area contributed by atoms with E-state index in [1.807, 2.05) is 0 Å². The monoisotopic (exact) mass is 284 g/mol. The van der Waals surface area contributed by atoms with Crippen LogP contribution in [0, 0.1) is 10.1 Å². The summed E-state index contributed by atoms with van der Waals surface area (Å²) in [7, 11) is 1.57. The standard InChI is InChI=1S/C10H12N4O4S/c1-18-5-4-13-8(6-15)11-12-10(13)7-2-3-9(19-7)14(16)17/h2-3,15H,4-6H2,1H3. The first-order valence-electron chi connectivity index (χ1n) is 5.44. The van der Waals surface area contributed by atoms with E-state index in [0.717, 1.165) is 11.3 Å². The zero-order valence-electron chi connectivity index (χ0n) is 10.1. The van der Waals surface area contributed by atoms with Gasteiger partial charge in [-0.15, -0.1) is 10.2 Å². The van der Waals surface area contributed by atoms with Crippen LogP contribution in [0.4, 0.5) is 5.00 Å². The molecule has 0 spiro atoms. The maximum Gasteiger partial charge on any atom is 0.324 e. The van der Waals surface area contributed by atoms with Crippen LogP contribution in [0.5, 0.6) is 0 Å². The zero-order chi connectivity index (χ0) is 13.8. The number of aliphatic hydroxyl groups excluding tert-OH is 1. The average Bonchev–Trinajstić information content (AvgIpc) is 3.02. The third-order valence-corrected chi connectivity index (χ3v) is 3.51. The van der Waals surface area contributed by atoms with Crippen molar-refractivity contribution in [3.05, 3.63) is 28.1 Å². The summed E-state index contributed by atoms with van der Waals surface area (Å²) >= 11 is 1.02. The first-order chi connectivity index (χ1) is 9.17. The van der Waals surface area contributed by atoms with Gasteiger partial charge in [0.1, 0.15) is 6.61 Å². The van der Waals surface area contributed by atoms with E-state index in [1.54, 1.807) is 17.7 Å². The van der Waals surface area contributed by atoms with Gasteiger partial charge in [-0.25, -0.2) is 0 Å². The zero-order valence-corrected chi connectivity index (χ0v) is 11.0. The number of aromatic nitrogens is 3. The second kappa shape index (κ2) is 5.87. The molecule has 0 unspecified atom stereocenters. The summed E-state index contributed by atoms with van der Waals surface area (Å²) in [5, 5.41) is 27.8. The third kappa shape index (κ3) is 2.78.